The van der Waals surface area contributed by atoms with Crippen molar-refractivity contribution in [1.29, 1.82) is 0 Å². The maximum atomic E-state index is 12.9. The average molecular weight is 444 g/mol. The van der Waals surface area contributed by atoms with E-state index in [2.05, 4.69) is 10.6 Å². The van der Waals surface area contributed by atoms with E-state index in [1.54, 1.807) is 24.3 Å². The first-order valence-electron chi connectivity index (χ1n) is 11.3. The number of carbonyl (C=O) groups is 2. The topological polar surface area (TPSA) is 93.4 Å². The maximum Gasteiger partial charge on any atom is 0.251 e. The van der Waals surface area contributed by atoms with Crippen LogP contribution in [0.1, 0.15) is 40.2 Å². The van der Waals surface area contributed by atoms with Gasteiger partial charge in [-0.15, -0.1) is 0 Å². The summed E-state index contributed by atoms with van der Waals surface area (Å²) in [7, 11) is 0. The second-order valence-electron chi connectivity index (χ2n) is 8.31. The minimum Gasteiger partial charge on any atom is -0.494 e. The van der Waals surface area contributed by atoms with Gasteiger partial charge < -0.3 is 21.1 Å². The number of hydrogen-bond donors (Lipinski definition) is 3. The lowest BCUT2D eigenvalue weighted by atomic mass is 10.1. The molecule has 4 N–H and O–H groups in total. The van der Waals surface area contributed by atoms with Crippen molar-refractivity contribution in [2.75, 3.05) is 6.61 Å². The van der Waals surface area contributed by atoms with Gasteiger partial charge in [-0.2, -0.15) is 0 Å². The summed E-state index contributed by atoms with van der Waals surface area (Å²) in [5.74, 6) is 0.640. The normalized spacial score (nSPS) is 17.6. The molecule has 3 atom stereocenters. The molecule has 6 heteroatoms. The highest BCUT2D eigenvalue weighted by molar-refractivity contribution is 5.97. The van der Waals surface area contributed by atoms with Gasteiger partial charge in [0, 0.05) is 30.5 Å². The fourth-order valence-electron chi connectivity index (χ4n) is 3.71. The number of nitrogens with one attached hydrogen (secondary N) is 2. The molecule has 1 fully saturated rings. The Morgan fingerprint density at radius 3 is 2.21 bits per heavy atom. The predicted molar refractivity (Wildman–Crippen MR) is 128 cm³/mol. The summed E-state index contributed by atoms with van der Waals surface area (Å²) in [6.45, 7) is 0.684. The number of rotatable bonds is 10. The second-order valence-corrected chi connectivity index (χ2v) is 8.31. The van der Waals surface area contributed by atoms with Gasteiger partial charge in [-0.3, -0.25) is 9.59 Å². The van der Waals surface area contributed by atoms with Crippen molar-refractivity contribution in [2.24, 2.45) is 5.73 Å². The van der Waals surface area contributed by atoms with E-state index in [0.717, 1.165) is 17.7 Å². The lowest BCUT2D eigenvalue weighted by Gasteiger charge is -2.19. The zero-order valence-corrected chi connectivity index (χ0v) is 18.4. The summed E-state index contributed by atoms with van der Waals surface area (Å²) >= 11 is 0. The third-order valence-electron chi connectivity index (χ3n) is 5.79. The summed E-state index contributed by atoms with van der Waals surface area (Å²) in [6, 6.07) is 26.0. The van der Waals surface area contributed by atoms with Crippen LogP contribution in [0.15, 0.2) is 84.9 Å². The molecular formula is C27H29N3O3. The van der Waals surface area contributed by atoms with Gasteiger partial charge in [0.05, 0.1) is 6.61 Å². The van der Waals surface area contributed by atoms with Crippen LogP contribution in [-0.2, 0) is 11.3 Å². The molecule has 2 amide bonds. The van der Waals surface area contributed by atoms with Gasteiger partial charge in [0.25, 0.3) is 5.91 Å². The van der Waals surface area contributed by atoms with Gasteiger partial charge in [-0.1, -0.05) is 60.7 Å². The molecule has 33 heavy (non-hydrogen) atoms. The molecule has 0 aliphatic heterocycles. The number of carbonyl (C=O) groups excluding carboxylic acids is 2. The van der Waals surface area contributed by atoms with E-state index in [1.807, 2.05) is 60.7 Å². The molecular weight excluding hydrogens is 414 g/mol. The monoisotopic (exact) mass is 443 g/mol. The summed E-state index contributed by atoms with van der Waals surface area (Å²) in [5.41, 5.74) is 8.64. The summed E-state index contributed by atoms with van der Waals surface area (Å²) < 4.78 is 5.86. The Labute approximate surface area is 194 Å². The van der Waals surface area contributed by atoms with Crippen molar-refractivity contribution in [2.45, 2.75) is 37.4 Å². The van der Waals surface area contributed by atoms with Crippen molar-refractivity contribution < 1.29 is 14.3 Å². The Balaban J connectivity index is 1.34. The van der Waals surface area contributed by atoms with Gasteiger partial charge in [-0.25, -0.2) is 0 Å². The Hall–Kier alpha value is -3.64. The van der Waals surface area contributed by atoms with Crippen LogP contribution < -0.4 is 21.1 Å². The van der Waals surface area contributed by atoms with Gasteiger partial charge in [0.2, 0.25) is 5.91 Å². The second kappa shape index (κ2) is 10.8. The molecule has 1 saturated carbocycles. The van der Waals surface area contributed by atoms with Crippen LogP contribution in [0.2, 0.25) is 0 Å². The molecule has 170 valence electrons. The number of nitrogens with two attached hydrogens (primary N) is 1. The zero-order valence-electron chi connectivity index (χ0n) is 18.4. The Morgan fingerprint density at radius 2 is 1.58 bits per heavy atom. The molecule has 0 saturated heterocycles. The SMILES string of the molecule is N[C@@H]1C[C@H]1c1ccc(OCC[C@H](NC(=O)c2ccccc2)C(=O)NCc2ccccc2)cc1. The van der Waals surface area contributed by atoms with E-state index in [-0.39, 0.29) is 17.9 Å². The third kappa shape index (κ3) is 6.43. The van der Waals surface area contributed by atoms with Crippen molar-refractivity contribution in [3.63, 3.8) is 0 Å². The quantitative estimate of drug-likeness (QED) is 0.448. The molecule has 3 aromatic carbocycles. The summed E-state index contributed by atoms with van der Waals surface area (Å²) in [6.07, 6.45) is 1.37. The number of ether oxygens (including phenoxy) is 1. The molecule has 4 rings (SSSR count). The Kier molecular flexibility index (Phi) is 7.37. The van der Waals surface area contributed by atoms with Crippen LogP contribution in [0.5, 0.6) is 5.75 Å². The number of hydrogen-bond acceptors (Lipinski definition) is 4. The average Bonchev–Trinajstić information content (AvgIpc) is 3.59. The highest BCUT2D eigenvalue weighted by Gasteiger charge is 2.34. The van der Waals surface area contributed by atoms with Crippen molar-refractivity contribution in [3.05, 3.63) is 102 Å². The lowest BCUT2D eigenvalue weighted by Crippen LogP contribution is -2.47. The third-order valence-corrected chi connectivity index (χ3v) is 5.79. The van der Waals surface area contributed by atoms with Crippen LogP contribution in [0.25, 0.3) is 0 Å². The maximum absolute atomic E-state index is 12.9. The number of benzene rings is 3. The van der Waals surface area contributed by atoms with Gasteiger partial charge >= 0.3 is 0 Å². The van der Waals surface area contributed by atoms with Gasteiger partial charge in [0.15, 0.2) is 0 Å². The first-order chi connectivity index (χ1) is 16.1. The lowest BCUT2D eigenvalue weighted by molar-refractivity contribution is -0.123. The molecule has 1 aliphatic rings. The highest BCUT2D eigenvalue weighted by atomic mass is 16.5. The molecule has 0 heterocycles. The van der Waals surface area contributed by atoms with Crippen molar-refractivity contribution >= 4 is 11.8 Å². The highest BCUT2D eigenvalue weighted by Crippen LogP contribution is 2.39. The summed E-state index contributed by atoms with van der Waals surface area (Å²) in [5, 5.41) is 5.76. The fraction of sp³-hybridized carbons (Fsp3) is 0.259. The molecule has 0 spiro atoms. The molecule has 3 aromatic rings. The molecule has 0 aromatic heterocycles. The number of amides is 2. The van der Waals surface area contributed by atoms with E-state index in [4.69, 9.17) is 10.5 Å². The van der Waals surface area contributed by atoms with Crippen LogP contribution in [0.3, 0.4) is 0 Å². The first-order valence-corrected chi connectivity index (χ1v) is 11.3. The van der Waals surface area contributed by atoms with E-state index in [0.29, 0.717) is 31.1 Å². The predicted octanol–water partition coefficient (Wildman–Crippen LogP) is 3.39. The van der Waals surface area contributed by atoms with E-state index < -0.39 is 6.04 Å². The molecule has 1 aliphatic carbocycles. The standard InChI is InChI=1S/C27H29N3O3/c28-24-17-23(24)20-11-13-22(14-12-20)33-16-15-25(30-26(31)21-9-5-2-6-10-21)27(32)29-18-19-7-3-1-4-8-19/h1-14,23-25H,15-18,28H2,(H,29,32)(H,30,31)/t23-,24+,25-/m0/s1. The molecule has 0 bridgehead atoms. The van der Waals surface area contributed by atoms with E-state index in [9.17, 15) is 9.59 Å². The van der Waals surface area contributed by atoms with Crippen molar-refractivity contribution in [1.82, 2.24) is 10.6 Å². The van der Waals surface area contributed by atoms with Crippen LogP contribution >= 0.6 is 0 Å². The first kappa shape index (κ1) is 22.6. The minimum atomic E-state index is -0.717. The Morgan fingerprint density at radius 1 is 0.939 bits per heavy atom. The molecule has 6 nitrogen and oxygen atoms in total. The van der Waals surface area contributed by atoms with E-state index >= 15 is 0 Å². The van der Waals surface area contributed by atoms with Crippen LogP contribution in [-0.4, -0.2) is 30.5 Å². The summed E-state index contributed by atoms with van der Waals surface area (Å²) in [4.78, 5) is 25.5. The van der Waals surface area contributed by atoms with Gasteiger partial charge in [-0.05, 0) is 41.8 Å². The minimum absolute atomic E-state index is 0.246. The largest absolute Gasteiger partial charge is 0.494 e. The van der Waals surface area contributed by atoms with E-state index in [1.165, 1.54) is 5.56 Å². The fourth-order valence-corrected chi connectivity index (χ4v) is 3.71. The molecule has 0 radical (unpaired) electrons. The zero-order chi connectivity index (χ0) is 23.0. The Bertz CT molecular complexity index is 1050. The van der Waals surface area contributed by atoms with Crippen LogP contribution in [0, 0.1) is 0 Å². The van der Waals surface area contributed by atoms with Crippen LogP contribution in [0.4, 0.5) is 0 Å². The molecule has 0 unspecified atom stereocenters. The van der Waals surface area contributed by atoms with Gasteiger partial charge in [0.1, 0.15) is 11.8 Å². The smallest absolute Gasteiger partial charge is 0.251 e. The van der Waals surface area contributed by atoms with Crippen molar-refractivity contribution in [3.8, 4) is 5.75 Å².